The second-order valence-electron chi connectivity index (χ2n) is 5.51. The molecule has 0 fully saturated rings. The highest BCUT2D eigenvalue weighted by Crippen LogP contribution is 2.29. The smallest absolute Gasteiger partial charge is 0.251 e. The zero-order chi connectivity index (χ0) is 18.5. The molecule has 2 heterocycles. The Morgan fingerprint density at radius 1 is 1.27 bits per heavy atom. The fourth-order valence-electron chi connectivity index (χ4n) is 2.33. The number of rotatable bonds is 8. The van der Waals surface area contributed by atoms with Gasteiger partial charge in [0.15, 0.2) is 0 Å². The monoisotopic (exact) mass is 376 g/mol. The fourth-order valence-corrected chi connectivity index (χ4v) is 3.29. The predicted octanol–water partition coefficient (Wildman–Crippen LogP) is 2.40. The lowest BCUT2D eigenvalue weighted by atomic mass is 10.3. The average Bonchev–Trinajstić information content (AvgIpc) is 3.20. The average molecular weight is 376 g/mol. The van der Waals surface area contributed by atoms with Crippen LogP contribution in [-0.4, -0.2) is 54.7 Å². The van der Waals surface area contributed by atoms with Crippen LogP contribution in [0, 0.1) is 6.92 Å². The van der Waals surface area contributed by atoms with E-state index in [0.717, 1.165) is 21.7 Å². The van der Waals surface area contributed by atoms with E-state index in [0.29, 0.717) is 24.2 Å². The molecule has 0 radical (unpaired) electrons. The second kappa shape index (κ2) is 8.26. The number of ether oxygens (including phenoxy) is 3. The summed E-state index contributed by atoms with van der Waals surface area (Å²) in [4.78, 5) is 16.7. The molecule has 138 valence electrons. The van der Waals surface area contributed by atoms with Crippen LogP contribution in [0.3, 0.4) is 0 Å². The Bertz CT molecular complexity index is 905. The number of aromatic nitrogens is 3. The number of methoxy groups -OCH3 is 2. The van der Waals surface area contributed by atoms with Crippen molar-refractivity contribution in [1.29, 1.82) is 0 Å². The van der Waals surface area contributed by atoms with Crippen LogP contribution < -0.4 is 10.1 Å². The van der Waals surface area contributed by atoms with Gasteiger partial charge in [-0.25, -0.2) is 4.98 Å². The molecule has 0 aliphatic carbocycles. The lowest BCUT2D eigenvalue weighted by molar-refractivity contribution is -0.121. The maximum absolute atomic E-state index is 12.1. The Kier molecular flexibility index (Phi) is 5.82. The molecule has 0 atom stereocenters. The first kappa shape index (κ1) is 18.3. The van der Waals surface area contributed by atoms with Crippen molar-refractivity contribution in [3.63, 3.8) is 0 Å². The summed E-state index contributed by atoms with van der Waals surface area (Å²) in [5.41, 5.74) is 1.62. The minimum atomic E-state index is -0.259. The summed E-state index contributed by atoms with van der Waals surface area (Å²) in [6.07, 6.45) is 0. The molecule has 0 bridgehead atoms. The summed E-state index contributed by atoms with van der Waals surface area (Å²) in [7, 11) is 3.21. The van der Waals surface area contributed by atoms with Crippen molar-refractivity contribution >= 4 is 33.3 Å². The largest absolute Gasteiger partial charge is 0.497 e. The molecule has 0 unspecified atom stereocenters. The van der Waals surface area contributed by atoms with E-state index in [9.17, 15) is 4.79 Å². The van der Waals surface area contributed by atoms with E-state index >= 15 is 0 Å². The van der Waals surface area contributed by atoms with Crippen LogP contribution in [0.25, 0.3) is 15.3 Å². The van der Waals surface area contributed by atoms with Gasteiger partial charge in [0.25, 0.3) is 5.91 Å². The Morgan fingerprint density at radius 2 is 2.12 bits per heavy atom. The summed E-state index contributed by atoms with van der Waals surface area (Å²) < 4.78 is 18.0. The van der Waals surface area contributed by atoms with E-state index in [2.05, 4.69) is 15.4 Å². The van der Waals surface area contributed by atoms with Gasteiger partial charge < -0.3 is 19.5 Å². The summed E-state index contributed by atoms with van der Waals surface area (Å²) in [6, 6.07) is 7.47. The van der Waals surface area contributed by atoms with Crippen molar-refractivity contribution in [2.75, 3.05) is 39.4 Å². The Hall–Kier alpha value is -2.49. The molecule has 2 aromatic heterocycles. The van der Waals surface area contributed by atoms with Crippen LogP contribution in [0.15, 0.2) is 24.3 Å². The number of carbonyl (C=O) groups is 1. The van der Waals surface area contributed by atoms with Gasteiger partial charge in [-0.3, -0.25) is 4.79 Å². The summed E-state index contributed by atoms with van der Waals surface area (Å²) in [5.74, 6) is 1.06. The minimum Gasteiger partial charge on any atom is -0.497 e. The van der Waals surface area contributed by atoms with Crippen LogP contribution in [0.2, 0.25) is 0 Å². The van der Waals surface area contributed by atoms with Gasteiger partial charge in [0.05, 0.1) is 36.2 Å². The van der Waals surface area contributed by atoms with Crippen LogP contribution >= 0.6 is 11.3 Å². The van der Waals surface area contributed by atoms with Gasteiger partial charge >= 0.3 is 0 Å². The van der Waals surface area contributed by atoms with Gasteiger partial charge in [-0.2, -0.15) is 9.78 Å². The maximum atomic E-state index is 12.1. The highest BCUT2D eigenvalue weighted by atomic mass is 32.1. The molecular formula is C17H20N4O4S. The molecule has 1 N–H and O–H groups in total. The highest BCUT2D eigenvalue weighted by molar-refractivity contribution is 7.20. The molecular weight excluding hydrogens is 356 g/mol. The van der Waals surface area contributed by atoms with Crippen LogP contribution in [0.4, 0.5) is 5.82 Å². The van der Waals surface area contributed by atoms with E-state index in [-0.39, 0.29) is 12.5 Å². The van der Waals surface area contributed by atoms with Crippen molar-refractivity contribution in [2.24, 2.45) is 0 Å². The molecule has 3 rings (SSSR count). The zero-order valence-electron chi connectivity index (χ0n) is 14.8. The van der Waals surface area contributed by atoms with Crippen molar-refractivity contribution < 1.29 is 19.0 Å². The number of benzene rings is 1. The number of hydrogen-bond donors (Lipinski definition) is 1. The van der Waals surface area contributed by atoms with Gasteiger partial charge in [-0.05, 0) is 25.1 Å². The summed E-state index contributed by atoms with van der Waals surface area (Å²) in [5, 5.41) is 7.91. The number of aryl methyl sites for hydroxylation is 1. The summed E-state index contributed by atoms with van der Waals surface area (Å²) in [6.45, 7) is 2.61. The van der Waals surface area contributed by atoms with E-state index in [1.54, 1.807) is 25.0 Å². The first-order valence-corrected chi connectivity index (χ1v) is 8.80. The lowest BCUT2D eigenvalue weighted by Gasteiger charge is -2.07. The van der Waals surface area contributed by atoms with E-state index in [4.69, 9.17) is 14.2 Å². The SMILES string of the molecule is COCCOCC(=O)Nc1cc(C)nn1-c1nc2ccc(OC)cc2s1. The van der Waals surface area contributed by atoms with Crippen molar-refractivity contribution in [3.8, 4) is 10.9 Å². The molecule has 0 aliphatic rings. The minimum absolute atomic E-state index is 0.0510. The van der Waals surface area contributed by atoms with E-state index in [1.807, 2.05) is 25.1 Å². The third kappa shape index (κ3) is 4.18. The first-order chi connectivity index (χ1) is 12.6. The first-order valence-electron chi connectivity index (χ1n) is 7.99. The number of fused-ring (bicyclic) bond motifs is 1. The maximum Gasteiger partial charge on any atom is 0.251 e. The third-order valence-corrected chi connectivity index (χ3v) is 4.52. The number of thiazole rings is 1. The third-order valence-electron chi connectivity index (χ3n) is 3.53. The highest BCUT2D eigenvalue weighted by Gasteiger charge is 2.15. The van der Waals surface area contributed by atoms with E-state index < -0.39 is 0 Å². The van der Waals surface area contributed by atoms with Gasteiger partial charge in [-0.15, -0.1) is 0 Å². The molecule has 9 heteroatoms. The normalized spacial score (nSPS) is 11.0. The number of hydrogen-bond acceptors (Lipinski definition) is 7. The predicted molar refractivity (Wildman–Crippen MR) is 99.4 cm³/mol. The van der Waals surface area contributed by atoms with Gasteiger partial charge in [0.2, 0.25) is 5.13 Å². The molecule has 8 nitrogen and oxygen atoms in total. The van der Waals surface area contributed by atoms with E-state index in [1.165, 1.54) is 11.3 Å². The van der Waals surface area contributed by atoms with Gasteiger partial charge in [-0.1, -0.05) is 11.3 Å². The zero-order valence-corrected chi connectivity index (χ0v) is 15.6. The Balaban J connectivity index is 1.79. The van der Waals surface area contributed by atoms with Crippen molar-refractivity contribution in [1.82, 2.24) is 14.8 Å². The number of nitrogens with zero attached hydrogens (tertiary/aromatic N) is 3. The van der Waals surface area contributed by atoms with Crippen molar-refractivity contribution in [3.05, 3.63) is 30.0 Å². The number of carbonyl (C=O) groups excluding carboxylic acids is 1. The molecule has 3 aromatic rings. The van der Waals surface area contributed by atoms with Crippen LogP contribution in [0.5, 0.6) is 5.75 Å². The quantitative estimate of drug-likeness (QED) is 0.608. The van der Waals surface area contributed by atoms with Crippen LogP contribution in [-0.2, 0) is 14.3 Å². The Morgan fingerprint density at radius 3 is 2.88 bits per heavy atom. The molecule has 0 spiro atoms. The van der Waals surface area contributed by atoms with Crippen molar-refractivity contribution in [2.45, 2.75) is 6.92 Å². The molecule has 0 saturated carbocycles. The topological polar surface area (TPSA) is 87.5 Å². The number of anilines is 1. The van der Waals surface area contributed by atoms with Gasteiger partial charge in [0.1, 0.15) is 18.2 Å². The molecule has 1 aromatic carbocycles. The number of amides is 1. The molecule has 0 aliphatic heterocycles. The molecule has 1 amide bonds. The fraction of sp³-hybridized carbons (Fsp3) is 0.353. The van der Waals surface area contributed by atoms with Crippen LogP contribution in [0.1, 0.15) is 5.69 Å². The summed E-state index contributed by atoms with van der Waals surface area (Å²) >= 11 is 1.47. The number of nitrogens with one attached hydrogen (secondary N) is 1. The lowest BCUT2D eigenvalue weighted by Crippen LogP contribution is -2.21. The Labute approximate surface area is 154 Å². The molecule has 26 heavy (non-hydrogen) atoms. The van der Waals surface area contributed by atoms with Gasteiger partial charge in [0, 0.05) is 13.2 Å². The second-order valence-corrected chi connectivity index (χ2v) is 6.52. The molecule has 0 saturated heterocycles. The standard InChI is InChI=1S/C17H20N4O4S/c1-11-8-15(19-16(22)10-25-7-6-23-2)21(20-11)17-18-13-5-4-12(24-3)9-14(13)26-17/h4-5,8-9H,6-7,10H2,1-3H3,(H,19,22).